The molecule has 2 aliphatic heterocycles. The lowest BCUT2D eigenvalue weighted by atomic mass is 10.2. The SMILES string of the molecule is O=C(/C=C/c1cnc(N[C@@H]2CCN(C(=O)c3ccc(F)cc3)C2)c(Cl)c1)NOC1CCCCO1. The number of hydrogen-bond acceptors (Lipinski definition) is 6. The lowest BCUT2D eigenvalue weighted by molar-refractivity contribution is -0.198. The highest BCUT2D eigenvalue weighted by Crippen LogP contribution is 2.24. The molecule has 1 aromatic carbocycles. The van der Waals surface area contributed by atoms with Crippen molar-refractivity contribution in [1.82, 2.24) is 15.4 Å². The molecule has 0 radical (unpaired) electrons. The molecule has 2 atom stereocenters. The Hall–Kier alpha value is -3.01. The van der Waals surface area contributed by atoms with Gasteiger partial charge >= 0.3 is 0 Å². The first-order valence-corrected chi connectivity index (χ1v) is 11.6. The highest BCUT2D eigenvalue weighted by Gasteiger charge is 2.27. The van der Waals surface area contributed by atoms with Crippen molar-refractivity contribution >= 4 is 35.3 Å². The molecule has 180 valence electrons. The number of rotatable bonds is 7. The summed E-state index contributed by atoms with van der Waals surface area (Å²) in [5.41, 5.74) is 3.46. The molecule has 34 heavy (non-hydrogen) atoms. The van der Waals surface area contributed by atoms with Crippen LogP contribution in [0.5, 0.6) is 0 Å². The number of amides is 2. The molecule has 3 heterocycles. The number of anilines is 1. The summed E-state index contributed by atoms with van der Waals surface area (Å²) >= 11 is 6.38. The fraction of sp³-hybridized carbons (Fsp3) is 0.375. The van der Waals surface area contributed by atoms with E-state index in [2.05, 4.69) is 15.8 Å². The molecule has 2 aliphatic rings. The van der Waals surface area contributed by atoms with E-state index in [1.807, 2.05) is 0 Å². The zero-order valence-corrected chi connectivity index (χ0v) is 19.3. The molecule has 2 aromatic rings. The number of hydrogen-bond donors (Lipinski definition) is 2. The van der Waals surface area contributed by atoms with Crippen molar-refractivity contribution in [3.8, 4) is 0 Å². The zero-order valence-electron chi connectivity index (χ0n) is 18.5. The van der Waals surface area contributed by atoms with E-state index in [4.69, 9.17) is 21.2 Å². The lowest BCUT2D eigenvalue weighted by Crippen LogP contribution is -2.32. The number of hydroxylamine groups is 1. The van der Waals surface area contributed by atoms with Gasteiger partial charge in [-0.3, -0.25) is 9.59 Å². The summed E-state index contributed by atoms with van der Waals surface area (Å²) < 4.78 is 18.5. The summed E-state index contributed by atoms with van der Waals surface area (Å²) in [6.45, 7) is 1.69. The third-order valence-corrected chi connectivity index (χ3v) is 5.91. The number of benzene rings is 1. The number of likely N-dealkylation sites (tertiary alicyclic amines) is 1. The molecule has 2 N–H and O–H groups in total. The molecule has 0 bridgehead atoms. The van der Waals surface area contributed by atoms with Crippen LogP contribution in [-0.2, 0) is 14.4 Å². The van der Waals surface area contributed by atoms with E-state index >= 15 is 0 Å². The summed E-state index contributed by atoms with van der Waals surface area (Å²) in [5.74, 6) is -0.424. The molecule has 2 amide bonds. The predicted octanol–water partition coefficient (Wildman–Crippen LogP) is 3.79. The van der Waals surface area contributed by atoms with E-state index in [1.165, 1.54) is 30.3 Å². The van der Waals surface area contributed by atoms with E-state index in [0.29, 0.717) is 41.7 Å². The van der Waals surface area contributed by atoms with E-state index in [1.54, 1.807) is 23.2 Å². The van der Waals surface area contributed by atoms with Crippen LogP contribution in [0, 0.1) is 5.82 Å². The Morgan fingerprint density at radius 1 is 1.24 bits per heavy atom. The van der Waals surface area contributed by atoms with Crippen LogP contribution in [0.1, 0.15) is 41.6 Å². The number of ether oxygens (including phenoxy) is 1. The Bertz CT molecular complexity index is 1040. The van der Waals surface area contributed by atoms with Crippen molar-refractivity contribution < 1.29 is 23.6 Å². The van der Waals surface area contributed by atoms with Crippen molar-refractivity contribution in [2.45, 2.75) is 38.0 Å². The summed E-state index contributed by atoms with van der Waals surface area (Å²) in [5, 5.41) is 3.67. The number of nitrogens with zero attached hydrogens (tertiary/aromatic N) is 2. The number of halogens is 2. The van der Waals surface area contributed by atoms with Gasteiger partial charge in [0.05, 0.1) is 5.02 Å². The second-order valence-corrected chi connectivity index (χ2v) is 8.61. The average Bonchev–Trinajstić information content (AvgIpc) is 3.32. The third-order valence-electron chi connectivity index (χ3n) is 5.63. The summed E-state index contributed by atoms with van der Waals surface area (Å²) in [7, 11) is 0. The number of carbonyl (C=O) groups excluding carboxylic acids is 2. The van der Waals surface area contributed by atoms with Crippen LogP contribution in [0.25, 0.3) is 6.08 Å². The van der Waals surface area contributed by atoms with Gasteiger partial charge in [0.2, 0.25) is 0 Å². The van der Waals surface area contributed by atoms with E-state index in [-0.39, 0.29) is 17.8 Å². The highest BCUT2D eigenvalue weighted by atomic mass is 35.5. The predicted molar refractivity (Wildman–Crippen MR) is 125 cm³/mol. The number of aromatic nitrogens is 1. The third kappa shape index (κ3) is 6.53. The Kier molecular flexibility index (Phi) is 8.10. The van der Waals surface area contributed by atoms with Gasteiger partial charge in [-0.1, -0.05) is 11.6 Å². The first kappa shape index (κ1) is 24.1. The first-order valence-electron chi connectivity index (χ1n) is 11.2. The van der Waals surface area contributed by atoms with Gasteiger partial charge < -0.3 is 15.0 Å². The summed E-state index contributed by atoms with van der Waals surface area (Å²) in [4.78, 5) is 35.9. The fourth-order valence-corrected chi connectivity index (χ4v) is 4.04. The number of carbonyl (C=O) groups is 2. The Balaban J connectivity index is 1.26. The monoisotopic (exact) mass is 488 g/mol. The maximum atomic E-state index is 13.1. The van der Waals surface area contributed by atoms with Crippen LogP contribution < -0.4 is 10.8 Å². The van der Waals surface area contributed by atoms with E-state index in [0.717, 1.165) is 25.7 Å². The topological polar surface area (TPSA) is 92.8 Å². The van der Waals surface area contributed by atoms with Crippen molar-refractivity contribution in [3.63, 3.8) is 0 Å². The Morgan fingerprint density at radius 2 is 2.06 bits per heavy atom. The van der Waals surface area contributed by atoms with Gasteiger partial charge in [-0.25, -0.2) is 19.7 Å². The van der Waals surface area contributed by atoms with E-state index < -0.39 is 12.2 Å². The smallest absolute Gasteiger partial charge is 0.267 e. The molecule has 4 rings (SSSR count). The normalized spacial score (nSPS) is 20.5. The molecule has 2 fully saturated rings. The van der Waals surface area contributed by atoms with Gasteiger partial charge in [-0.15, -0.1) is 0 Å². The van der Waals surface area contributed by atoms with Gasteiger partial charge in [0.25, 0.3) is 11.8 Å². The molecule has 0 aliphatic carbocycles. The van der Waals surface area contributed by atoms with Crippen LogP contribution in [0.3, 0.4) is 0 Å². The molecule has 0 saturated carbocycles. The van der Waals surface area contributed by atoms with Gasteiger partial charge in [0, 0.05) is 50.0 Å². The number of pyridine rings is 1. The molecular weight excluding hydrogens is 463 g/mol. The molecule has 10 heteroatoms. The second kappa shape index (κ2) is 11.4. The standard InChI is InChI=1S/C24H26ClFN4O4/c25-20-13-16(4-9-21(31)29-34-22-3-1-2-12-33-22)14-27-23(20)28-19-10-11-30(15-19)24(32)17-5-7-18(26)8-6-17/h4-9,13-14,19,22H,1-3,10-12,15H2,(H,27,28)(H,29,31)/b9-4+/t19-,22?/m1/s1. The average molecular weight is 489 g/mol. The minimum absolute atomic E-state index is 0.0132. The van der Waals surface area contributed by atoms with Crippen LogP contribution in [-0.4, -0.2) is 53.7 Å². The van der Waals surface area contributed by atoms with E-state index in [9.17, 15) is 14.0 Å². The fourth-order valence-electron chi connectivity index (χ4n) is 3.81. The Labute approximate surface area is 202 Å². The van der Waals surface area contributed by atoms with Crippen LogP contribution >= 0.6 is 11.6 Å². The van der Waals surface area contributed by atoms with Gasteiger partial charge in [-0.2, -0.15) is 0 Å². The minimum atomic E-state index is -0.413. The molecular formula is C24H26ClFN4O4. The van der Waals surface area contributed by atoms with Gasteiger partial charge in [0.15, 0.2) is 6.29 Å². The molecule has 1 aromatic heterocycles. The maximum absolute atomic E-state index is 13.1. The maximum Gasteiger partial charge on any atom is 0.267 e. The molecule has 8 nitrogen and oxygen atoms in total. The summed E-state index contributed by atoms with van der Waals surface area (Å²) in [6.07, 6.45) is 7.59. The molecule has 0 spiro atoms. The summed E-state index contributed by atoms with van der Waals surface area (Å²) in [6, 6.07) is 7.21. The largest absolute Gasteiger partial charge is 0.364 e. The lowest BCUT2D eigenvalue weighted by Gasteiger charge is -2.21. The van der Waals surface area contributed by atoms with Crippen molar-refractivity contribution in [2.75, 3.05) is 25.0 Å². The number of nitrogens with one attached hydrogen (secondary N) is 2. The molecule has 1 unspecified atom stereocenters. The zero-order chi connectivity index (χ0) is 23.9. The van der Waals surface area contributed by atoms with Gasteiger partial charge in [0.1, 0.15) is 11.6 Å². The van der Waals surface area contributed by atoms with Crippen molar-refractivity contribution in [2.24, 2.45) is 0 Å². The quantitative estimate of drug-likeness (QED) is 0.455. The molecule has 2 saturated heterocycles. The van der Waals surface area contributed by atoms with Crippen molar-refractivity contribution in [1.29, 1.82) is 0 Å². The van der Waals surface area contributed by atoms with Crippen molar-refractivity contribution in [3.05, 3.63) is 64.6 Å². The van der Waals surface area contributed by atoms with Gasteiger partial charge in [-0.05, 0) is 61.2 Å². The second-order valence-electron chi connectivity index (χ2n) is 8.20. The highest BCUT2D eigenvalue weighted by molar-refractivity contribution is 6.33. The van der Waals surface area contributed by atoms with Crippen LogP contribution in [0.2, 0.25) is 5.02 Å². The minimum Gasteiger partial charge on any atom is -0.364 e. The van der Waals surface area contributed by atoms with Crippen LogP contribution in [0.4, 0.5) is 10.2 Å². The Morgan fingerprint density at radius 3 is 2.79 bits per heavy atom. The first-order chi connectivity index (χ1) is 16.5. The van der Waals surface area contributed by atoms with Crippen LogP contribution in [0.15, 0.2) is 42.6 Å².